The normalized spacial score (nSPS) is 17.2. The maximum absolute atomic E-state index is 14.0. The van der Waals surface area contributed by atoms with Crippen LogP contribution < -0.4 is 9.47 Å². The highest BCUT2D eigenvalue weighted by Gasteiger charge is 2.36. The zero-order chi connectivity index (χ0) is 30.8. The average molecular weight is 632 g/mol. The molecule has 0 aliphatic carbocycles. The van der Waals surface area contributed by atoms with Gasteiger partial charge in [-0.1, -0.05) is 35.5 Å². The van der Waals surface area contributed by atoms with Crippen molar-refractivity contribution in [3.8, 4) is 11.5 Å². The largest absolute Gasteiger partial charge is 0.486 e. The molecule has 0 aromatic heterocycles. The van der Waals surface area contributed by atoms with Crippen molar-refractivity contribution in [2.75, 3.05) is 26.3 Å². The molecule has 0 bridgehead atoms. The molecule has 0 saturated carbocycles. The van der Waals surface area contributed by atoms with Crippen molar-refractivity contribution >= 4 is 38.7 Å². The van der Waals surface area contributed by atoms with E-state index in [-0.39, 0.29) is 21.9 Å². The van der Waals surface area contributed by atoms with Gasteiger partial charge < -0.3 is 14.4 Å². The fourth-order valence-electron chi connectivity index (χ4n) is 4.87. The van der Waals surface area contributed by atoms with Gasteiger partial charge in [-0.25, -0.2) is 8.42 Å². The van der Waals surface area contributed by atoms with Crippen molar-refractivity contribution in [1.82, 2.24) is 4.90 Å². The van der Waals surface area contributed by atoms with E-state index in [2.05, 4.69) is 0 Å². The fraction of sp³-hybridized carbons (Fsp3) is 0.290. The number of likely N-dealkylation sites (tertiary alicyclic amines) is 1. The number of benzene rings is 3. The molecular formula is C31H28F3NO6S2. The zero-order valence-electron chi connectivity index (χ0n) is 23.1. The summed E-state index contributed by atoms with van der Waals surface area (Å²) >= 11 is 0.938. The third kappa shape index (κ3) is 7.07. The van der Waals surface area contributed by atoms with E-state index >= 15 is 0 Å². The molecule has 2 aliphatic rings. The molecule has 1 amide bonds. The Balaban J connectivity index is 1.28. The van der Waals surface area contributed by atoms with Crippen LogP contribution in [-0.4, -0.2) is 50.6 Å². The lowest BCUT2D eigenvalue weighted by molar-refractivity contribution is -0.139. The standard InChI is InChI=1S/C31H28F3NO6S2/c1-20-4-9-24(10-5-20)43(38,39)30(37)22-3-2-14-35(19-22)29(36)13-7-21-6-12-28(25(17-21)31(32,33)34)42-23-8-11-26-27(18-23)41-16-15-40-26/h4-13,17-18,22H,2-3,14-16,19H2,1H3/b13-7+. The van der Waals surface area contributed by atoms with Gasteiger partial charge in [-0.15, -0.1) is 0 Å². The Morgan fingerprint density at radius 3 is 2.42 bits per heavy atom. The highest BCUT2D eigenvalue weighted by molar-refractivity contribution is 8.06. The minimum atomic E-state index is -4.65. The third-order valence-electron chi connectivity index (χ3n) is 7.13. The first-order chi connectivity index (χ1) is 20.4. The number of fused-ring (bicyclic) bond motifs is 1. The van der Waals surface area contributed by atoms with Crippen LogP contribution in [0, 0.1) is 12.8 Å². The van der Waals surface area contributed by atoms with Gasteiger partial charge in [0.1, 0.15) is 13.2 Å². The number of ether oxygens (including phenoxy) is 2. The molecular weight excluding hydrogens is 603 g/mol. The van der Waals surface area contributed by atoms with Crippen LogP contribution in [0.1, 0.15) is 29.5 Å². The number of hydrogen-bond acceptors (Lipinski definition) is 7. The predicted octanol–water partition coefficient (Wildman–Crippen LogP) is 6.19. The molecule has 0 radical (unpaired) electrons. The van der Waals surface area contributed by atoms with Crippen molar-refractivity contribution in [3.05, 3.63) is 83.4 Å². The first kappa shape index (κ1) is 30.7. The Morgan fingerprint density at radius 2 is 1.70 bits per heavy atom. The minimum absolute atomic E-state index is 0.0141. The number of carbonyl (C=O) groups is 2. The predicted molar refractivity (Wildman–Crippen MR) is 155 cm³/mol. The molecule has 0 spiro atoms. The second-order valence-electron chi connectivity index (χ2n) is 10.3. The number of nitrogens with zero attached hydrogens (tertiary/aromatic N) is 1. The lowest BCUT2D eigenvalue weighted by Crippen LogP contribution is -2.43. The lowest BCUT2D eigenvalue weighted by atomic mass is 9.99. The number of hydrogen-bond donors (Lipinski definition) is 0. The van der Waals surface area contributed by atoms with E-state index in [0.29, 0.717) is 49.0 Å². The fourth-order valence-corrected chi connectivity index (χ4v) is 7.21. The molecule has 43 heavy (non-hydrogen) atoms. The summed E-state index contributed by atoms with van der Waals surface area (Å²) in [7, 11) is -4.23. The maximum atomic E-state index is 14.0. The summed E-state index contributed by atoms with van der Waals surface area (Å²) in [5, 5.41) is -0.946. The van der Waals surface area contributed by atoms with Gasteiger partial charge in [-0.2, -0.15) is 13.2 Å². The van der Waals surface area contributed by atoms with E-state index in [1.807, 2.05) is 0 Å². The first-order valence-electron chi connectivity index (χ1n) is 13.5. The molecule has 2 aliphatic heterocycles. The highest BCUT2D eigenvalue weighted by Crippen LogP contribution is 2.42. The second-order valence-corrected chi connectivity index (χ2v) is 13.2. The number of piperidine rings is 1. The summed E-state index contributed by atoms with van der Waals surface area (Å²) in [6.45, 7) is 2.77. The number of halogens is 3. The molecule has 1 saturated heterocycles. The van der Waals surface area contributed by atoms with Crippen molar-refractivity contribution in [3.63, 3.8) is 0 Å². The molecule has 2 heterocycles. The molecule has 7 nitrogen and oxygen atoms in total. The number of sulfone groups is 1. The van der Waals surface area contributed by atoms with Gasteiger partial charge in [0.2, 0.25) is 15.7 Å². The van der Waals surface area contributed by atoms with Gasteiger partial charge in [-0.05, 0) is 73.9 Å². The van der Waals surface area contributed by atoms with E-state index in [1.165, 1.54) is 35.2 Å². The van der Waals surface area contributed by atoms with Crippen molar-refractivity contribution in [1.29, 1.82) is 0 Å². The summed E-state index contributed by atoms with van der Waals surface area (Å²) in [6, 6.07) is 14.7. The highest BCUT2D eigenvalue weighted by atomic mass is 32.2. The van der Waals surface area contributed by atoms with Crippen LogP contribution in [0.15, 0.2) is 81.4 Å². The number of rotatable bonds is 6. The van der Waals surface area contributed by atoms with Gasteiger partial charge in [0, 0.05) is 29.0 Å². The van der Waals surface area contributed by atoms with Crippen LogP contribution in [0.5, 0.6) is 11.5 Å². The van der Waals surface area contributed by atoms with Crippen molar-refractivity contribution < 1.29 is 40.7 Å². The Morgan fingerprint density at radius 1 is 0.977 bits per heavy atom. The van der Waals surface area contributed by atoms with E-state index in [9.17, 15) is 31.2 Å². The van der Waals surface area contributed by atoms with Gasteiger partial charge in [0.25, 0.3) is 5.12 Å². The quantitative estimate of drug-likeness (QED) is 0.300. The van der Waals surface area contributed by atoms with Crippen LogP contribution in [-0.2, 0) is 25.6 Å². The third-order valence-corrected chi connectivity index (χ3v) is 9.95. The summed E-state index contributed by atoms with van der Waals surface area (Å²) in [5.74, 6) is -0.411. The Labute approximate surface area is 251 Å². The topological polar surface area (TPSA) is 90.0 Å². The average Bonchev–Trinajstić information content (AvgIpc) is 2.99. The maximum Gasteiger partial charge on any atom is 0.417 e. The SMILES string of the molecule is Cc1ccc(S(=O)(=O)C(=O)C2CCCN(C(=O)/C=C/c3ccc(Sc4ccc5c(c4)OCCO5)c(C(F)(F)F)c3)C2)cc1. The van der Waals surface area contributed by atoms with Crippen LogP contribution in [0.2, 0.25) is 0 Å². The van der Waals surface area contributed by atoms with Crippen molar-refractivity contribution in [2.24, 2.45) is 5.92 Å². The number of amides is 1. The van der Waals surface area contributed by atoms with E-state index in [4.69, 9.17) is 9.47 Å². The summed E-state index contributed by atoms with van der Waals surface area (Å²) in [6.07, 6.45) is -1.49. The van der Waals surface area contributed by atoms with Crippen LogP contribution in [0.4, 0.5) is 13.2 Å². The molecule has 3 aromatic rings. The number of carbonyl (C=O) groups excluding carboxylic acids is 2. The number of aryl methyl sites for hydroxylation is 1. The Kier molecular flexibility index (Phi) is 8.89. The van der Waals surface area contributed by atoms with Crippen LogP contribution >= 0.6 is 11.8 Å². The lowest BCUT2D eigenvalue weighted by Gasteiger charge is -2.31. The van der Waals surface area contributed by atoms with E-state index < -0.39 is 38.5 Å². The molecule has 1 fully saturated rings. The van der Waals surface area contributed by atoms with Gasteiger partial charge in [0.15, 0.2) is 11.5 Å². The minimum Gasteiger partial charge on any atom is -0.486 e. The van der Waals surface area contributed by atoms with Crippen LogP contribution in [0.3, 0.4) is 0 Å². The molecule has 1 unspecified atom stereocenters. The van der Waals surface area contributed by atoms with Gasteiger partial charge >= 0.3 is 6.18 Å². The molecule has 1 atom stereocenters. The van der Waals surface area contributed by atoms with Gasteiger partial charge in [0.05, 0.1) is 16.4 Å². The van der Waals surface area contributed by atoms with E-state index in [1.54, 1.807) is 37.3 Å². The Bertz CT molecular complexity index is 1670. The van der Waals surface area contributed by atoms with Gasteiger partial charge in [-0.3, -0.25) is 9.59 Å². The van der Waals surface area contributed by atoms with E-state index in [0.717, 1.165) is 29.5 Å². The second kappa shape index (κ2) is 12.5. The molecule has 12 heteroatoms. The zero-order valence-corrected chi connectivity index (χ0v) is 24.7. The summed E-state index contributed by atoms with van der Waals surface area (Å²) < 4.78 is 78.8. The smallest absolute Gasteiger partial charge is 0.417 e. The molecule has 5 rings (SSSR count). The first-order valence-corrected chi connectivity index (χ1v) is 15.8. The molecule has 226 valence electrons. The number of alkyl halides is 3. The van der Waals surface area contributed by atoms with Crippen LogP contribution in [0.25, 0.3) is 6.08 Å². The molecule has 0 N–H and O–H groups in total. The Hall–Kier alpha value is -3.77. The van der Waals surface area contributed by atoms with Crippen molar-refractivity contribution in [2.45, 2.75) is 40.6 Å². The summed E-state index contributed by atoms with van der Waals surface area (Å²) in [5.41, 5.74) is 0.161. The summed E-state index contributed by atoms with van der Waals surface area (Å²) in [4.78, 5) is 27.7. The monoisotopic (exact) mass is 631 g/mol. The molecule has 3 aromatic carbocycles.